The number of hydrogen-bond donors (Lipinski definition) is 1. The first-order chi connectivity index (χ1) is 9.75. The van der Waals surface area contributed by atoms with E-state index < -0.39 is 0 Å². The topological polar surface area (TPSA) is 15.3 Å². The van der Waals surface area contributed by atoms with Gasteiger partial charge in [0, 0.05) is 41.4 Å². The molecule has 0 radical (unpaired) electrons. The number of rotatable bonds is 3. The Labute approximate surface area is 134 Å². The van der Waals surface area contributed by atoms with Crippen LogP contribution in [0.25, 0.3) is 0 Å². The van der Waals surface area contributed by atoms with Crippen LogP contribution in [0.15, 0.2) is 24.3 Å². The monoisotopic (exact) mass is 306 g/mol. The van der Waals surface area contributed by atoms with E-state index in [0.717, 1.165) is 13.1 Å². The lowest BCUT2D eigenvalue weighted by atomic mass is 10.1. The molecule has 0 amide bonds. The number of nitrogens with zero attached hydrogens (tertiary/aromatic N) is 1. The summed E-state index contributed by atoms with van der Waals surface area (Å²) in [6.07, 6.45) is 1.25. The molecular weight excluding hydrogens is 276 g/mol. The molecular formula is C18H30N2S. The summed E-state index contributed by atoms with van der Waals surface area (Å²) in [4.78, 5) is 2.53. The van der Waals surface area contributed by atoms with Gasteiger partial charge in [0.2, 0.25) is 0 Å². The fourth-order valence-corrected chi connectivity index (χ4v) is 3.57. The van der Waals surface area contributed by atoms with Gasteiger partial charge in [0.15, 0.2) is 0 Å². The predicted molar refractivity (Wildman–Crippen MR) is 96.4 cm³/mol. The van der Waals surface area contributed by atoms with Crippen LogP contribution in [0.3, 0.4) is 0 Å². The minimum atomic E-state index is 0.173. The van der Waals surface area contributed by atoms with Crippen LogP contribution >= 0.6 is 11.8 Å². The van der Waals surface area contributed by atoms with Crippen molar-refractivity contribution in [3.05, 3.63) is 29.8 Å². The molecule has 118 valence electrons. The summed E-state index contributed by atoms with van der Waals surface area (Å²) < 4.78 is 0.422. The Kier molecular flexibility index (Phi) is 5.26. The quantitative estimate of drug-likeness (QED) is 0.896. The summed E-state index contributed by atoms with van der Waals surface area (Å²) in [5.41, 5.74) is 2.90. The van der Waals surface area contributed by atoms with Crippen molar-refractivity contribution in [1.82, 2.24) is 5.32 Å². The molecule has 0 aliphatic carbocycles. The normalized spacial score (nSPS) is 19.4. The van der Waals surface area contributed by atoms with Crippen molar-refractivity contribution in [2.75, 3.05) is 23.7 Å². The van der Waals surface area contributed by atoms with Gasteiger partial charge in [-0.3, -0.25) is 0 Å². The molecule has 1 heterocycles. The molecule has 1 saturated heterocycles. The Morgan fingerprint density at radius 3 is 2.43 bits per heavy atom. The Bertz CT molecular complexity index is 445. The third kappa shape index (κ3) is 5.55. The van der Waals surface area contributed by atoms with Crippen molar-refractivity contribution in [3.63, 3.8) is 0 Å². The molecule has 1 N–H and O–H groups in total. The maximum absolute atomic E-state index is 3.54. The highest BCUT2D eigenvalue weighted by atomic mass is 32.2. The zero-order valence-electron chi connectivity index (χ0n) is 14.2. The standard InChI is InChI=1S/C18H30N2S/c1-17(2,3)19-14-15-6-8-16(9-7-15)20-11-10-18(4,5)21-13-12-20/h6-9,19H,10-14H2,1-5H3. The molecule has 3 heteroatoms. The van der Waals surface area contributed by atoms with Gasteiger partial charge >= 0.3 is 0 Å². The Morgan fingerprint density at radius 1 is 1.14 bits per heavy atom. The number of benzene rings is 1. The van der Waals surface area contributed by atoms with Crippen molar-refractivity contribution < 1.29 is 0 Å². The van der Waals surface area contributed by atoms with Crippen LogP contribution in [0.4, 0.5) is 5.69 Å². The van der Waals surface area contributed by atoms with E-state index in [4.69, 9.17) is 0 Å². The van der Waals surface area contributed by atoms with Gasteiger partial charge in [-0.25, -0.2) is 0 Å². The Hall–Kier alpha value is -0.670. The lowest BCUT2D eigenvalue weighted by Gasteiger charge is -2.25. The zero-order chi connectivity index (χ0) is 15.5. The fourth-order valence-electron chi connectivity index (χ4n) is 2.47. The summed E-state index contributed by atoms with van der Waals surface area (Å²) in [5.74, 6) is 1.22. The number of hydrogen-bond acceptors (Lipinski definition) is 3. The van der Waals surface area contributed by atoms with E-state index in [-0.39, 0.29) is 5.54 Å². The van der Waals surface area contributed by atoms with Gasteiger partial charge in [-0.2, -0.15) is 11.8 Å². The van der Waals surface area contributed by atoms with Crippen LogP contribution in [0.2, 0.25) is 0 Å². The van der Waals surface area contributed by atoms with Crippen LogP contribution in [0.1, 0.15) is 46.6 Å². The van der Waals surface area contributed by atoms with Gasteiger partial charge in [-0.15, -0.1) is 0 Å². The molecule has 0 bridgehead atoms. The van der Waals surface area contributed by atoms with E-state index in [1.165, 1.54) is 30.0 Å². The van der Waals surface area contributed by atoms with Gasteiger partial charge in [0.25, 0.3) is 0 Å². The number of nitrogens with one attached hydrogen (secondary N) is 1. The smallest absolute Gasteiger partial charge is 0.0366 e. The molecule has 1 aromatic rings. The molecule has 0 spiro atoms. The van der Waals surface area contributed by atoms with Crippen LogP contribution in [0, 0.1) is 0 Å². The lowest BCUT2D eigenvalue weighted by Crippen LogP contribution is -2.35. The first kappa shape index (κ1) is 16.7. The third-order valence-corrected chi connectivity index (χ3v) is 5.33. The average molecular weight is 307 g/mol. The van der Waals surface area contributed by atoms with Crippen molar-refractivity contribution in [1.29, 1.82) is 0 Å². The molecule has 0 saturated carbocycles. The number of anilines is 1. The highest BCUT2D eigenvalue weighted by Crippen LogP contribution is 2.32. The summed E-state index contributed by atoms with van der Waals surface area (Å²) in [5, 5.41) is 3.54. The van der Waals surface area contributed by atoms with Gasteiger partial charge in [0.05, 0.1) is 0 Å². The van der Waals surface area contributed by atoms with E-state index >= 15 is 0 Å². The SMILES string of the molecule is CC(C)(C)NCc1ccc(N2CCSC(C)(C)CC2)cc1. The molecule has 1 aliphatic heterocycles. The van der Waals surface area contributed by atoms with Crippen molar-refractivity contribution in [3.8, 4) is 0 Å². The van der Waals surface area contributed by atoms with E-state index in [1.54, 1.807) is 0 Å². The molecule has 2 nitrogen and oxygen atoms in total. The maximum atomic E-state index is 3.54. The van der Waals surface area contributed by atoms with Gasteiger partial charge < -0.3 is 10.2 Å². The molecule has 0 aromatic heterocycles. The fraction of sp³-hybridized carbons (Fsp3) is 0.667. The largest absolute Gasteiger partial charge is 0.371 e. The van der Waals surface area contributed by atoms with Crippen LogP contribution in [-0.2, 0) is 6.54 Å². The minimum absolute atomic E-state index is 0.173. The first-order valence-electron chi connectivity index (χ1n) is 7.98. The van der Waals surface area contributed by atoms with Gasteiger partial charge in [-0.1, -0.05) is 26.0 Å². The summed E-state index contributed by atoms with van der Waals surface area (Å²) >= 11 is 2.10. The Morgan fingerprint density at radius 2 is 1.81 bits per heavy atom. The molecule has 0 atom stereocenters. The van der Waals surface area contributed by atoms with E-state index in [2.05, 4.69) is 80.9 Å². The van der Waals surface area contributed by atoms with Gasteiger partial charge in [0.1, 0.15) is 0 Å². The molecule has 1 aromatic carbocycles. The molecule has 0 unspecified atom stereocenters. The summed E-state index contributed by atoms with van der Waals surface area (Å²) in [6, 6.07) is 9.08. The van der Waals surface area contributed by atoms with E-state index in [9.17, 15) is 0 Å². The van der Waals surface area contributed by atoms with Crippen LogP contribution < -0.4 is 10.2 Å². The third-order valence-electron chi connectivity index (χ3n) is 3.96. The zero-order valence-corrected chi connectivity index (χ0v) is 15.0. The molecule has 21 heavy (non-hydrogen) atoms. The molecule has 1 aliphatic rings. The van der Waals surface area contributed by atoms with Crippen molar-refractivity contribution in [2.24, 2.45) is 0 Å². The average Bonchev–Trinajstić information content (AvgIpc) is 2.57. The van der Waals surface area contributed by atoms with Crippen LogP contribution in [0.5, 0.6) is 0 Å². The maximum Gasteiger partial charge on any atom is 0.0366 e. The predicted octanol–water partition coefficient (Wildman–Crippen LogP) is 4.30. The molecule has 2 rings (SSSR count). The minimum Gasteiger partial charge on any atom is -0.371 e. The summed E-state index contributed by atoms with van der Waals surface area (Å²) in [6.45, 7) is 14.6. The second-order valence-electron chi connectivity index (χ2n) is 7.62. The lowest BCUT2D eigenvalue weighted by molar-refractivity contribution is 0.424. The Balaban J connectivity index is 1.95. The second kappa shape index (κ2) is 6.62. The highest BCUT2D eigenvalue weighted by Gasteiger charge is 2.23. The first-order valence-corrected chi connectivity index (χ1v) is 8.97. The van der Waals surface area contributed by atoms with Crippen LogP contribution in [-0.4, -0.2) is 29.1 Å². The second-order valence-corrected chi connectivity index (χ2v) is 9.42. The van der Waals surface area contributed by atoms with E-state index in [1.807, 2.05) is 0 Å². The van der Waals surface area contributed by atoms with Gasteiger partial charge in [-0.05, 0) is 44.9 Å². The molecule has 1 fully saturated rings. The van der Waals surface area contributed by atoms with E-state index in [0.29, 0.717) is 4.75 Å². The number of thioether (sulfide) groups is 1. The van der Waals surface area contributed by atoms with Crippen molar-refractivity contribution >= 4 is 17.4 Å². The van der Waals surface area contributed by atoms with Crippen molar-refractivity contribution in [2.45, 2.75) is 57.9 Å². The highest BCUT2D eigenvalue weighted by molar-refractivity contribution is 8.00. The summed E-state index contributed by atoms with van der Waals surface area (Å²) in [7, 11) is 0.